The lowest BCUT2D eigenvalue weighted by molar-refractivity contribution is -0.0898. The van der Waals surface area contributed by atoms with E-state index in [0.717, 1.165) is 0 Å². The van der Waals surface area contributed by atoms with E-state index >= 15 is 0 Å². The number of halogens is 3. The van der Waals surface area contributed by atoms with Gasteiger partial charge in [-0.25, -0.2) is 0 Å². The van der Waals surface area contributed by atoms with E-state index in [-0.39, 0.29) is 11.5 Å². The second-order valence-electron chi connectivity index (χ2n) is 4.27. The fourth-order valence-corrected chi connectivity index (χ4v) is 1.81. The molecule has 0 fully saturated rings. The molecule has 0 amide bonds. The number of hydrogen-bond acceptors (Lipinski definition) is 1. The fourth-order valence-electron chi connectivity index (χ4n) is 1.81. The van der Waals surface area contributed by atoms with Crippen molar-refractivity contribution in [3.05, 3.63) is 35.2 Å². The van der Waals surface area contributed by atoms with Crippen LogP contribution in [-0.4, -0.2) is 18.1 Å². The minimum atomic E-state index is -4.31. The molecule has 0 aromatic rings. The minimum absolute atomic E-state index is 0.198. The highest BCUT2D eigenvalue weighted by Gasteiger charge is 2.38. The van der Waals surface area contributed by atoms with Gasteiger partial charge in [-0.05, 0) is 24.5 Å². The van der Waals surface area contributed by atoms with Crippen LogP contribution in [0.25, 0.3) is 0 Å². The zero-order chi connectivity index (χ0) is 12.7. The van der Waals surface area contributed by atoms with Crippen LogP contribution >= 0.6 is 0 Å². The van der Waals surface area contributed by atoms with Gasteiger partial charge in [0.25, 0.3) is 0 Å². The summed E-state index contributed by atoms with van der Waals surface area (Å²) >= 11 is 0. The van der Waals surface area contributed by atoms with Crippen LogP contribution in [0.4, 0.5) is 13.2 Å². The molecule has 0 N–H and O–H groups in total. The van der Waals surface area contributed by atoms with Crippen molar-refractivity contribution in [3.8, 4) is 0 Å². The van der Waals surface area contributed by atoms with Crippen molar-refractivity contribution in [2.24, 2.45) is 5.92 Å². The van der Waals surface area contributed by atoms with E-state index < -0.39 is 11.7 Å². The number of rotatable bonds is 1. The van der Waals surface area contributed by atoms with Crippen molar-refractivity contribution in [2.75, 3.05) is 7.05 Å². The first-order valence-corrected chi connectivity index (χ1v) is 5.09. The molecule has 0 aromatic carbocycles. The maximum atomic E-state index is 12.9. The molecule has 0 spiro atoms. The summed E-state index contributed by atoms with van der Waals surface area (Å²) in [6.07, 6.45) is -3.13. The lowest BCUT2D eigenvalue weighted by atomic mass is 9.90. The van der Waals surface area contributed by atoms with Crippen molar-refractivity contribution in [2.45, 2.75) is 26.9 Å². The van der Waals surface area contributed by atoms with Gasteiger partial charge < -0.3 is 4.90 Å². The first-order valence-electron chi connectivity index (χ1n) is 5.09. The summed E-state index contributed by atoms with van der Waals surface area (Å²) in [5.41, 5.74) is 0.702. The van der Waals surface area contributed by atoms with Crippen molar-refractivity contribution >= 4 is 0 Å². The van der Waals surface area contributed by atoms with E-state index in [1.807, 2.05) is 0 Å². The summed E-state index contributed by atoms with van der Waals surface area (Å²) in [6, 6.07) is 0. The zero-order valence-corrected chi connectivity index (χ0v) is 9.94. The Balaban J connectivity index is 3.41. The second-order valence-corrected chi connectivity index (χ2v) is 4.27. The van der Waals surface area contributed by atoms with E-state index in [9.17, 15) is 13.2 Å². The number of likely N-dealkylation sites (N-methyl/N-ethyl adjacent to an activating group) is 1. The third-order valence-electron chi connectivity index (χ3n) is 2.77. The molecule has 1 rings (SSSR count). The molecule has 1 nitrogen and oxygen atoms in total. The van der Waals surface area contributed by atoms with Gasteiger partial charge >= 0.3 is 6.18 Å². The van der Waals surface area contributed by atoms with Gasteiger partial charge in [-0.1, -0.05) is 20.4 Å². The maximum Gasteiger partial charge on any atom is 0.416 e. The molecule has 0 unspecified atom stereocenters. The predicted molar refractivity (Wildman–Crippen MR) is 58.6 cm³/mol. The molecule has 1 aliphatic rings. The molecule has 1 heterocycles. The minimum Gasteiger partial charge on any atom is -0.349 e. The number of nitrogens with zero attached hydrogens (tertiary/aromatic N) is 1. The van der Waals surface area contributed by atoms with Crippen molar-refractivity contribution < 1.29 is 13.2 Å². The summed E-state index contributed by atoms with van der Waals surface area (Å²) in [4.78, 5) is 1.69. The highest BCUT2D eigenvalue weighted by molar-refractivity contribution is 5.47. The molecular weight excluding hydrogens is 215 g/mol. The van der Waals surface area contributed by atoms with E-state index in [4.69, 9.17) is 0 Å². The lowest BCUT2D eigenvalue weighted by Crippen LogP contribution is -2.27. The SMILES string of the molecule is C=C1C(C(C)C)=C(C(F)(F)F)C=C(C)N1C. The highest BCUT2D eigenvalue weighted by Crippen LogP contribution is 2.39. The highest BCUT2D eigenvalue weighted by atomic mass is 19.4. The van der Waals surface area contributed by atoms with Crippen LogP contribution in [0.3, 0.4) is 0 Å². The van der Waals surface area contributed by atoms with Gasteiger partial charge in [0.2, 0.25) is 0 Å². The summed E-state index contributed by atoms with van der Waals surface area (Å²) in [6.45, 7) is 8.88. The molecule has 1 aliphatic heterocycles. The third-order valence-corrected chi connectivity index (χ3v) is 2.77. The Bertz CT molecular complexity index is 372. The van der Waals surface area contributed by atoms with Gasteiger partial charge in [0.05, 0.1) is 5.57 Å². The Labute approximate surface area is 93.9 Å². The van der Waals surface area contributed by atoms with Gasteiger partial charge in [0, 0.05) is 18.4 Å². The summed E-state index contributed by atoms with van der Waals surface area (Å²) < 4.78 is 38.6. The summed E-state index contributed by atoms with van der Waals surface area (Å²) in [7, 11) is 1.73. The molecule has 0 aromatic heterocycles. The van der Waals surface area contributed by atoms with Crippen LogP contribution in [0.2, 0.25) is 0 Å². The van der Waals surface area contributed by atoms with E-state index in [1.54, 1.807) is 32.7 Å². The zero-order valence-electron chi connectivity index (χ0n) is 9.94. The van der Waals surface area contributed by atoms with Crippen LogP contribution in [0.15, 0.2) is 35.2 Å². The van der Waals surface area contributed by atoms with Crippen LogP contribution in [0, 0.1) is 5.92 Å². The number of alkyl halides is 3. The van der Waals surface area contributed by atoms with Crippen molar-refractivity contribution in [1.29, 1.82) is 0 Å². The second kappa shape index (κ2) is 4.00. The maximum absolute atomic E-state index is 12.9. The molecule has 0 atom stereocenters. The molecule has 0 radical (unpaired) electrons. The first kappa shape index (κ1) is 12.9. The van der Waals surface area contributed by atoms with E-state index in [1.165, 1.54) is 6.08 Å². The predicted octanol–water partition coefficient (Wildman–Crippen LogP) is 3.86. The Hall–Kier alpha value is -1.19. The molecule has 0 aliphatic carbocycles. The molecule has 0 saturated heterocycles. The van der Waals surface area contributed by atoms with E-state index in [0.29, 0.717) is 11.4 Å². The fraction of sp³-hybridized carbons (Fsp3) is 0.500. The molecular formula is C12H16F3N. The Morgan fingerprint density at radius 3 is 2.19 bits per heavy atom. The van der Waals surface area contributed by atoms with Crippen LogP contribution < -0.4 is 0 Å². The summed E-state index contributed by atoms with van der Waals surface area (Å²) in [5.74, 6) is -0.198. The van der Waals surface area contributed by atoms with Crippen LogP contribution in [0.5, 0.6) is 0 Å². The first-order chi connectivity index (χ1) is 7.16. The van der Waals surface area contributed by atoms with E-state index in [2.05, 4.69) is 6.58 Å². The van der Waals surface area contributed by atoms with Crippen LogP contribution in [-0.2, 0) is 0 Å². The molecule has 90 valence electrons. The Morgan fingerprint density at radius 1 is 1.31 bits per heavy atom. The molecule has 0 saturated carbocycles. The Morgan fingerprint density at radius 2 is 1.81 bits per heavy atom. The third kappa shape index (κ3) is 2.15. The number of hydrogen-bond donors (Lipinski definition) is 0. The summed E-state index contributed by atoms with van der Waals surface area (Å²) in [5, 5.41) is 0. The monoisotopic (exact) mass is 231 g/mol. The van der Waals surface area contributed by atoms with Gasteiger partial charge in [-0.2, -0.15) is 13.2 Å². The van der Waals surface area contributed by atoms with Crippen LogP contribution in [0.1, 0.15) is 20.8 Å². The molecule has 4 heteroatoms. The smallest absolute Gasteiger partial charge is 0.349 e. The van der Waals surface area contributed by atoms with Gasteiger partial charge in [-0.3, -0.25) is 0 Å². The van der Waals surface area contributed by atoms with Crippen molar-refractivity contribution in [3.63, 3.8) is 0 Å². The quantitative estimate of drug-likeness (QED) is 0.662. The van der Waals surface area contributed by atoms with Gasteiger partial charge in [0.15, 0.2) is 0 Å². The van der Waals surface area contributed by atoms with Gasteiger partial charge in [-0.15, -0.1) is 0 Å². The largest absolute Gasteiger partial charge is 0.416 e. The van der Waals surface area contributed by atoms with Gasteiger partial charge in [0.1, 0.15) is 0 Å². The topological polar surface area (TPSA) is 3.24 Å². The normalized spacial score (nSPS) is 18.4. The Kier molecular flexibility index (Phi) is 3.22. The standard InChI is InChI=1S/C12H16F3N/c1-7(2)11-9(4)16(5)8(3)6-10(11)12(13,14)15/h6-7H,4H2,1-3,5H3. The van der Waals surface area contributed by atoms with Crippen molar-refractivity contribution in [1.82, 2.24) is 4.90 Å². The molecule has 16 heavy (non-hydrogen) atoms. The lowest BCUT2D eigenvalue weighted by Gasteiger charge is -2.33. The molecule has 0 bridgehead atoms. The number of allylic oxidation sites excluding steroid dienone is 4. The average Bonchev–Trinajstić information content (AvgIpc) is 2.11. The average molecular weight is 231 g/mol.